The highest BCUT2D eigenvalue weighted by Crippen LogP contribution is 2.33. The molecule has 2 aromatic rings. The molecule has 2 N–H and O–H groups in total. The van der Waals surface area contributed by atoms with E-state index in [-0.39, 0.29) is 11.9 Å². The Labute approximate surface area is 120 Å². The zero-order valence-electron chi connectivity index (χ0n) is 9.01. The molecule has 90 valence electrons. The summed E-state index contributed by atoms with van der Waals surface area (Å²) < 4.78 is 14.9. The molecule has 2 rings (SSSR count). The molecule has 1 aromatic heterocycles. The van der Waals surface area contributed by atoms with E-state index < -0.39 is 0 Å². The lowest BCUT2D eigenvalue weighted by atomic mass is 10.1. The van der Waals surface area contributed by atoms with Crippen LogP contribution in [-0.4, -0.2) is 0 Å². The van der Waals surface area contributed by atoms with E-state index in [1.165, 1.54) is 10.9 Å². The molecule has 1 aromatic carbocycles. The Hall–Kier alpha value is -0.230. The molecule has 0 radical (unpaired) electrons. The number of thiophene rings is 1. The Morgan fingerprint density at radius 3 is 2.47 bits per heavy atom. The molecule has 17 heavy (non-hydrogen) atoms. The number of aryl methyl sites for hydroxylation is 1. The van der Waals surface area contributed by atoms with E-state index in [1.54, 1.807) is 17.4 Å². The first kappa shape index (κ1) is 13.2. The molecule has 1 heterocycles. The summed E-state index contributed by atoms with van der Waals surface area (Å²) in [7, 11) is 0. The number of rotatable bonds is 2. The minimum absolute atomic E-state index is 0.285. The second-order valence-corrected chi connectivity index (χ2v) is 6.70. The highest BCUT2D eigenvalue weighted by molar-refractivity contribution is 9.10. The number of hydrogen-bond acceptors (Lipinski definition) is 2. The molecular weight excluding hydrogens is 369 g/mol. The van der Waals surface area contributed by atoms with Crippen molar-refractivity contribution < 1.29 is 4.39 Å². The van der Waals surface area contributed by atoms with Crippen LogP contribution in [0.3, 0.4) is 0 Å². The lowest BCUT2D eigenvalue weighted by Crippen LogP contribution is -2.10. The van der Waals surface area contributed by atoms with E-state index in [2.05, 4.69) is 31.9 Å². The predicted molar refractivity (Wildman–Crippen MR) is 76.9 cm³/mol. The van der Waals surface area contributed by atoms with Gasteiger partial charge in [0, 0.05) is 14.2 Å². The smallest absolute Gasteiger partial charge is 0.137 e. The molecule has 0 spiro atoms. The Balaban J connectivity index is 2.36. The van der Waals surface area contributed by atoms with Gasteiger partial charge in [-0.3, -0.25) is 0 Å². The average molecular weight is 379 g/mol. The van der Waals surface area contributed by atoms with Gasteiger partial charge in [-0.2, -0.15) is 0 Å². The summed E-state index contributed by atoms with van der Waals surface area (Å²) in [6, 6.07) is 6.69. The Morgan fingerprint density at radius 2 is 1.94 bits per heavy atom. The molecule has 0 aliphatic heterocycles. The summed E-state index contributed by atoms with van der Waals surface area (Å²) in [5.74, 6) is -0.287. The Bertz CT molecular complexity index is 534. The highest BCUT2D eigenvalue weighted by atomic mass is 79.9. The summed E-state index contributed by atoms with van der Waals surface area (Å²) in [6.07, 6.45) is 0. The SMILES string of the molecule is Cc1sc(C(N)c2ccc(Br)c(F)c2)cc1Br. The minimum Gasteiger partial charge on any atom is -0.320 e. The molecule has 0 amide bonds. The van der Waals surface area contributed by atoms with Crippen LogP contribution in [0.2, 0.25) is 0 Å². The molecule has 1 nitrogen and oxygen atoms in total. The molecule has 0 fully saturated rings. The first-order chi connectivity index (χ1) is 7.99. The maximum Gasteiger partial charge on any atom is 0.137 e. The molecule has 5 heteroatoms. The number of halogens is 3. The van der Waals surface area contributed by atoms with E-state index in [1.807, 2.05) is 19.1 Å². The van der Waals surface area contributed by atoms with Crippen molar-refractivity contribution >= 4 is 43.2 Å². The van der Waals surface area contributed by atoms with Gasteiger partial charge in [0.15, 0.2) is 0 Å². The standard InChI is InChI=1S/C12H10Br2FNS/c1-6-9(14)5-11(17-6)12(16)7-2-3-8(13)10(15)4-7/h2-5,12H,16H2,1H3. The Kier molecular flexibility index (Phi) is 4.02. The maximum atomic E-state index is 13.4. The van der Waals surface area contributed by atoms with Crippen molar-refractivity contribution in [3.05, 3.63) is 54.3 Å². The van der Waals surface area contributed by atoms with Gasteiger partial charge in [-0.15, -0.1) is 11.3 Å². The maximum absolute atomic E-state index is 13.4. The van der Waals surface area contributed by atoms with Crippen molar-refractivity contribution in [2.24, 2.45) is 5.73 Å². The molecule has 0 saturated heterocycles. The minimum atomic E-state index is -0.287. The summed E-state index contributed by atoms with van der Waals surface area (Å²) in [5.41, 5.74) is 6.90. The van der Waals surface area contributed by atoms with Gasteiger partial charge in [-0.1, -0.05) is 6.07 Å². The fourth-order valence-corrected chi connectivity index (χ4v) is 3.34. The van der Waals surface area contributed by atoms with E-state index in [4.69, 9.17) is 5.73 Å². The van der Waals surface area contributed by atoms with Crippen LogP contribution in [0.1, 0.15) is 21.4 Å². The van der Waals surface area contributed by atoms with E-state index in [9.17, 15) is 4.39 Å². The zero-order chi connectivity index (χ0) is 12.6. The van der Waals surface area contributed by atoms with Crippen LogP contribution in [0, 0.1) is 12.7 Å². The van der Waals surface area contributed by atoms with E-state index in [0.29, 0.717) is 4.47 Å². The fraction of sp³-hybridized carbons (Fsp3) is 0.167. The van der Waals surface area contributed by atoms with Crippen LogP contribution in [0.5, 0.6) is 0 Å². The lowest BCUT2D eigenvalue weighted by molar-refractivity contribution is 0.617. The highest BCUT2D eigenvalue weighted by Gasteiger charge is 2.14. The van der Waals surface area contributed by atoms with Crippen molar-refractivity contribution in [2.75, 3.05) is 0 Å². The molecule has 1 unspecified atom stereocenters. The predicted octanol–water partition coefficient (Wildman–Crippen LogP) is 4.77. The van der Waals surface area contributed by atoms with Gasteiger partial charge in [0.25, 0.3) is 0 Å². The van der Waals surface area contributed by atoms with Gasteiger partial charge >= 0.3 is 0 Å². The van der Waals surface area contributed by atoms with Gasteiger partial charge < -0.3 is 5.73 Å². The zero-order valence-corrected chi connectivity index (χ0v) is 13.0. The van der Waals surface area contributed by atoms with Crippen LogP contribution in [0.15, 0.2) is 33.2 Å². The van der Waals surface area contributed by atoms with Crippen molar-refractivity contribution in [3.63, 3.8) is 0 Å². The third kappa shape index (κ3) is 2.78. The number of hydrogen-bond donors (Lipinski definition) is 1. The largest absolute Gasteiger partial charge is 0.320 e. The van der Waals surface area contributed by atoms with Crippen LogP contribution in [0.25, 0.3) is 0 Å². The monoisotopic (exact) mass is 377 g/mol. The summed E-state index contributed by atoms with van der Waals surface area (Å²) in [4.78, 5) is 2.20. The summed E-state index contributed by atoms with van der Waals surface area (Å²) >= 11 is 8.21. The van der Waals surface area contributed by atoms with Gasteiger partial charge in [-0.25, -0.2) is 4.39 Å². The second kappa shape index (κ2) is 5.18. The Morgan fingerprint density at radius 1 is 1.24 bits per heavy atom. The van der Waals surface area contributed by atoms with E-state index in [0.717, 1.165) is 14.9 Å². The second-order valence-electron chi connectivity index (χ2n) is 3.70. The van der Waals surface area contributed by atoms with Crippen molar-refractivity contribution in [3.8, 4) is 0 Å². The molecule has 1 atom stereocenters. The molecule has 0 aliphatic carbocycles. The first-order valence-electron chi connectivity index (χ1n) is 4.95. The van der Waals surface area contributed by atoms with Crippen LogP contribution >= 0.6 is 43.2 Å². The molecule has 0 bridgehead atoms. The topological polar surface area (TPSA) is 26.0 Å². The fourth-order valence-electron chi connectivity index (χ4n) is 1.50. The van der Waals surface area contributed by atoms with Crippen LogP contribution in [0.4, 0.5) is 4.39 Å². The van der Waals surface area contributed by atoms with Gasteiger partial charge in [0.1, 0.15) is 5.82 Å². The van der Waals surface area contributed by atoms with Gasteiger partial charge in [0.05, 0.1) is 10.5 Å². The average Bonchev–Trinajstić information content (AvgIpc) is 2.62. The van der Waals surface area contributed by atoms with Gasteiger partial charge in [-0.05, 0) is 62.5 Å². The van der Waals surface area contributed by atoms with Crippen molar-refractivity contribution in [2.45, 2.75) is 13.0 Å². The van der Waals surface area contributed by atoms with Gasteiger partial charge in [0.2, 0.25) is 0 Å². The lowest BCUT2D eigenvalue weighted by Gasteiger charge is -2.10. The van der Waals surface area contributed by atoms with Crippen LogP contribution < -0.4 is 5.73 Å². The number of nitrogens with two attached hydrogens (primary N) is 1. The van der Waals surface area contributed by atoms with Crippen LogP contribution in [-0.2, 0) is 0 Å². The summed E-state index contributed by atoms with van der Waals surface area (Å²) in [5, 5.41) is 0. The third-order valence-electron chi connectivity index (χ3n) is 2.49. The third-order valence-corrected chi connectivity index (χ3v) is 5.35. The molecule has 0 saturated carbocycles. The van der Waals surface area contributed by atoms with Crippen molar-refractivity contribution in [1.29, 1.82) is 0 Å². The first-order valence-corrected chi connectivity index (χ1v) is 7.35. The number of benzene rings is 1. The quantitative estimate of drug-likeness (QED) is 0.800. The van der Waals surface area contributed by atoms with Crippen molar-refractivity contribution in [1.82, 2.24) is 0 Å². The molecular formula is C12H10Br2FNS. The summed E-state index contributed by atoms with van der Waals surface area (Å²) in [6.45, 7) is 2.02. The van der Waals surface area contributed by atoms with E-state index >= 15 is 0 Å². The molecule has 0 aliphatic rings. The normalized spacial score (nSPS) is 12.8.